The van der Waals surface area contributed by atoms with Gasteiger partial charge in [-0.2, -0.15) is 0 Å². The average Bonchev–Trinajstić information content (AvgIpc) is 2.88. The van der Waals surface area contributed by atoms with E-state index in [1.807, 2.05) is 6.92 Å². The molecule has 0 aliphatic heterocycles. The van der Waals surface area contributed by atoms with Gasteiger partial charge in [-0.1, -0.05) is 13.0 Å². The summed E-state index contributed by atoms with van der Waals surface area (Å²) in [6.07, 6.45) is 0.597. The zero-order valence-corrected chi connectivity index (χ0v) is 14.8. The lowest BCUT2D eigenvalue weighted by atomic mass is 10.0. The molecule has 1 amide bonds. The van der Waals surface area contributed by atoms with Gasteiger partial charge in [-0.05, 0) is 25.0 Å². The van der Waals surface area contributed by atoms with Crippen molar-refractivity contribution in [2.24, 2.45) is 0 Å². The molecular formula is C15H20N4O4S. The Morgan fingerprint density at radius 3 is 2.67 bits per heavy atom. The largest absolute Gasteiger partial charge is 0.546 e. The molecule has 0 spiro atoms. The number of carbonyl (C=O) groups excluding carboxylic acids is 1. The van der Waals surface area contributed by atoms with Gasteiger partial charge in [0.25, 0.3) is 11.7 Å². The van der Waals surface area contributed by atoms with Crippen LogP contribution in [-0.4, -0.2) is 49.9 Å². The van der Waals surface area contributed by atoms with E-state index >= 15 is 0 Å². The number of aryl methyl sites for hydroxylation is 1. The van der Waals surface area contributed by atoms with Gasteiger partial charge in [0.15, 0.2) is 16.9 Å². The van der Waals surface area contributed by atoms with E-state index in [0.717, 1.165) is 5.56 Å². The van der Waals surface area contributed by atoms with Crippen LogP contribution in [0, 0.1) is 0 Å². The fourth-order valence-corrected chi connectivity index (χ4v) is 2.78. The zero-order chi connectivity index (χ0) is 17.9. The molecule has 1 atom stereocenters. The predicted molar refractivity (Wildman–Crippen MR) is 90.6 cm³/mol. The minimum Gasteiger partial charge on any atom is -0.546 e. The van der Waals surface area contributed by atoms with Gasteiger partial charge in [-0.15, -0.1) is 0 Å². The molecule has 0 aliphatic carbocycles. The summed E-state index contributed by atoms with van der Waals surface area (Å²) in [5.41, 5.74) is 1.22. The van der Waals surface area contributed by atoms with E-state index in [9.17, 15) is 14.5 Å². The number of ether oxygens (including phenoxy) is 1. The Bertz CT molecular complexity index is 745. The number of benzene rings is 1. The molecule has 2 rings (SSSR count). The fraction of sp³-hybridized carbons (Fsp3) is 0.400. The van der Waals surface area contributed by atoms with Gasteiger partial charge >= 0.3 is 5.88 Å². The number of aromatic hydroxyl groups is 1. The van der Waals surface area contributed by atoms with Crippen LogP contribution in [-0.2, 0) is 6.42 Å². The third-order valence-corrected chi connectivity index (χ3v) is 3.99. The van der Waals surface area contributed by atoms with Crippen LogP contribution < -0.4 is 10.1 Å². The standard InChI is InChI=1S/C15H20N4O4S/c1-5-9-7-8-10(12(20)11(9)15(21)19(3)4)16-13-14(23-6-2)18-24(22)17-13/h7-8,20H,5-6H2,1-4H3,(H,16,17). The van der Waals surface area contributed by atoms with Crippen molar-refractivity contribution >= 4 is 28.6 Å². The molecule has 0 bridgehead atoms. The number of aromatic nitrogens is 2. The first-order valence-electron chi connectivity index (χ1n) is 7.45. The van der Waals surface area contributed by atoms with Gasteiger partial charge < -0.3 is 24.6 Å². The summed E-state index contributed by atoms with van der Waals surface area (Å²) in [6.45, 7) is 4.00. The van der Waals surface area contributed by atoms with Gasteiger partial charge in [0, 0.05) is 22.8 Å². The highest BCUT2D eigenvalue weighted by Gasteiger charge is 2.23. The Morgan fingerprint density at radius 1 is 1.38 bits per heavy atom. The van der Waals surface area contributed by atoms with Crippen LogP contribution >= 0.6 is 11.1 Å². The van der Waals surface area contributed by atoms with E-state index in [2.05, 4.69) is 14.1 Å². The van der Waals surface area contributed by atoms with Crippen LogP contribution in [0.15, 0.2) is 12.1 Å². The van der Waals surface area contributed by atoms with Crippen LogP contribution in [0.1, 0.15) is 29.8 Å². The van der Waals surface area contributed by atoms with Crippen LogP contribution in [0.4, 0.5) is 11.5 Å². The number of rotatable bonds is 6. The summed E-state index contributed by atoms with van der Waals surface area (Å²) in [7, 11) is 3.23. The van der Waals surface area contributed by atoms with Crippen LogP contribution in [0.3, 0.4) is 0 Å². The molecule has 0 fully saturated rings. The summed E-state index contributed by atoms with van der Waals surface area (Å²) in [5, 5.41) is 13.4. The Hall–Kier alpha value is -2.39. The molecule has 0 saturated heterocycles. The highest BCUT2D eigenvalue weighted by molar-refractivity contribution is 7.14. The molecule has 24 heavy (non-hydrogen) atoms. The second-order valence-electron chi connectivity index (χ2n) is 5.17. The summed E-state index contributed by atoms with van der Waals surface area (Å²) in [4.78, 5) is 13.8. The predicted octanol–water partition coefficient (Wildman–Crippen LogP) is 2.32. The van der Waals surface area contributed by atoms with Crippen molar-refractivity contribution in [3.63, 3.8) is 0 Å². The molecular weight excluding hydrogens is 332 g/mol. The number of phenols is 1. The summed E-state index contributed by atoms with van der Waals surface area (Å²) >= 11 is -1.76. The molecule has 1 aromatic carbocycles. The molecule has 0 saturated carbocycles. The maximum absolute atomic E-state index is 12.4. The van der Waals surface area contributed by atoms with Gasteiger partial charge in [0.2, 0.25) is 0 Å². The first-order chi connectivity index (χ1) is 11.4. The number of nitrogens with zero attached hydrogens (tertiary/aromatic N) is 3. The molecule has 130 valence electrons. The maximum atomic E-state index is 12.4. The number of amides is 1. The quantitative estimate of drug-likeness (QED) is 0.606. The Kier molecular flexibility index (Phi) is 5.58. The first kappa shape index (κ1) is 18.0. The number of nitrogens with one attached hydrogen (secondary N) is 1. The molecule has 1 heterocycles. The molecule has 1 aromatic heterocycles. The number of hydrogen-bond acceptors (Lipinski definition) is 7. The monoisotopic (exact) mass is 352 g/mol. The smallest absolute Gasteiger partial charge is 0.318 e. The highest BCUT2D eigenvalue weighted by atomic mass is 32.2. The van der Waals surface area contributed by atoms with E-state index < -0.39 is 11.1 Å². The number of phenolic OH excluding ortho intramolecular Hbond substituents is 1. The van der Waals surface area contributed by atoms with Gasteiger partial charge in [-0.25, -0.2) is 0 Å². The SMILES string of the molecule is CCOc1n[s+]([O-])nc1Nc1ccc(CC)c(C(=O)N(C)C)c1O. The van der Waals surface area contributed by atoms with Crippen molar-refractivity contribution in [3.8, 4) is 11.6 Å². The van der Waals surface area contributed by atoms with E-state index in [1.54, 1.807) is 33.2 Å². The van der Waals surface area contributed by atoms with Gasteiger partial charge in [-0.3, -0.25) is 4.79 Å². The normalized spacial score (nSPS) is 11.3. The second-order valence-corrected chi connectivity index (χ2v) is 6.00. The molecule has 0 radical (unpaired) electrons. The van der Waals surface area contributed by atoms with E-state index in [-0.39, 0.29) is 34.6 Å². The van der Waals surface area contributed by atoms with Crippen molar-refractivity contribution in [1.29, 1.82) is 0 Å². The van der Waals surface area contributed by atoms with E-state index in [0.29, 0.717) is 13.0 Å². The van der Waals surface area contributed by atoms with Crippen LogP contribution in [0.25, 0.3) is 0 Å². The van der Waals surface area contributed by atoms with Gasteiger partial charge in [0.05, 0.1) is 17.9 Å². The lowest BCUT2D eigenvalue weighted by Crippen LogP contribution is -2.23. The van der Waals surface area contributed by atoms with Crippen molar-refractivity contribution in [3.05, 3.63) is 23.3 Å². The molecule has 0 aliphatic rings. The Balaban J connectivity index is 2.45. The Labute approximate surface area is 143 Å². The number of carbonyl (C=O) groups is 1. The molecule has 9 heteroatoms. The number of anilines is 2. The summed E-state index contributed by atoms with van der Waals surface area (Å²) < 4.78 is 24.3. The van der Waals surface area contributed by atoms with E-state index in [4.69, 9.17) is 4.74 Å². The van der Waals surface area contributed by atoms with Crippen molar-refractivity contribution < 1.29 is 19.2 Å². The molecule has 2 aromatic rings. The zero-order valence-electron chi connectivity index (χ0n) is 14.0. The summed E-state index contributed by atoms with van der Waals surface area (Å²) in [5.74, 6) is -0.235. The lowest BCUT2D eigenvalue weighted by molar-refractivity contribution is 0.0823. The highest BCUT2D eigenvalue weighted by Crippen LogP contribution is 2.36. The first-order valence-corrected chi connectivity index (χ1v) is 8.51. The van der Waals surface area contributed by atoms with E-state index in [1.165, 1.54) is 4.90 Å². The second kappa shape index (κ2) is 7.45. The molecule has 2 N–H and O–H groups in total. The maximum Gasteiger partial charge on any atom is 0.318 e. The topological polar surface area (TPSA) is 111 Å². The van der Waals surface area contributed by atoms with Crippen LogP contribution in [0.2, 0.25) is 0 Å². The fourth-order valence-electron chi connectivity index (χ4n) is 2.18. The third kappa shape index (κ3) is 3.57. The summed E-state index contributed by atoms with van der Waals surface area (Å²) in [6, 6.07) is 3.39. The minimum absolute atomic E-state index is 0.107. The lowest BCUT2D eigenvalue weighted by Gasteiger charge is -2.17. The van der Waals surface area contributed by atoms with Crippen molar-refractivity contribution in [2.75, 3.05) is 26.0 Å². The van der Waals surface area contributed by atoms with Crippen molar-refractivity contribution in [1.82, 2.24) is 13.6 Å². The minimum atomic E-state index is -1.76. The number of hydrogen-bond donors (Lipinski definition) is 2. The molecule has 8 nitrogen and oxygen atoms in total. The third-order valence-electron chi connectivity index (χ3n) is 3.33. The Morgan fingerprint density at radius 2 is 2.08 bits per heavy atom. The average molecular weight is 352 g/mol. The van der Waals surface area contributed by atoms with Crippen molar-refractivity contribution in [2.45, 2.75) is 20.3 Å². The van der Waals surface area contributed by atoms with Crippen LogP contribution in [0.5, 0.6) is 11.6 Å². The molecule has 1 unspecified atom stereocenters. The van der Waals surface area contributed by atoms with Gasteiger partial charge in [0.1, 0.15) is 0 Å².